The van der Waals surface area contributed by atoms with Gasteiger partial charge in [0.1, 0.15) is 17.1 Å². The zero-order chi connectivity index (χ0) is 19.1. The molecule has 3 rings (SSSR count). The van der Waals surface area contributed by atoms with Gasteiger partial charge in [0.05, 0.1) is 10.5 Å². The molecule has 2 N–H and O–H groups in total. The summed E-state index contributed by atoms with van der Waals surface area (Å²) in [7, 11) is 0. The number of nitrogens with one attached hydrogen (secondary N) is 1. The summed E-state index contributed by atoms with van der Waals surface area (Å²) in [5.41, 5.74) is 0.442. The summed E-state index contributed by atoms with van der Waals surface area (Å²) in [6, 6.07) is 9.33. The number of aromatic carboxylic acids is 1. The van der Waals surface area contributed by atoms with Crippen LogP contribution in [0, 0.1) is 10.1 Å². The van der Waals surface area contributed by atoms with Gasteiger partial charge in [-0.1, -0.05) is 12.1 Å². The maximum atomic E-state index is 11.6. The summed E-state index contributed by atoms with van der Waals surface area (Å²) in [5.74, 6) is -0.609. The highest BCUT2D eigenvalue weighted by Crippen LogP contribution is 2.36. The van der Waals surface area contributed by atoms with Crippen LogP contribution < -0.4 is 5.32 Å². The summed E-state index contributed by atoms with van der Waals surface area (Å²) >= 11 is 0. The largest absolute Gasteiger partial charge is 0.478 e. The molecule has 2 heterocycles. The lowest BCUT2D eigenvalue weighted by Gasteiger charge is -2.22. The van der Waals surface area contributed by atoms with Gasteiger partial charge in [-0.3, -0.25) is 14.5 Å². The van der Waals surface area contributed by atoms with Crippen molar-refractivity contribution in [3.8, 4) is 11.3 Å². The first-order valence-corrected chi connectivity index (χ1v) is 7.95. The fraction of sp³-hybridized carbons (Fsp3) is 0.222. The molecule has 0 aliphatic carbocycles. The summed E-state index contributed by atoms with van der Waals surface area (Å²) in [6.45, 7) is 5.82. The van der Waals surface area contributed by atoms with Gasteiger partial charge in [0.25, 0.3) is 5.69 Å². The number of pyridine rings is 1. The third-order valence-corrected chi connectivity index (χ3v) is 3.73. The van der Waals surface area contributed by atoms with Gasteiger partial charge in [-0.15, -0.1) is 0 Å². The zero-order valence-corrected chi connectivity index (χ0v) is 14.6. The van der Waals surface area contributed by atoms with Crippen LogP contribution in [0.2, 0.25) is 0 Å². The topological polar surface area (TPSA) is 110 Å². The molecule has 1 aromatic carbocycles. The lowest BCUT2D eigenvalue weighted by molar-refractivity contribution is -0.384. The van der Waals surface area contributed by atoms with Crippen LogP contribution in [0.4, 0.5) is 11.5 Å². The van der Waals surface area contributed by atoms with Gasteiger partial charge < -0.3 is 10.4 Å². The average Bonchev–Trinajstić information content (AvgIpc) is 2.91. The van der Waals surface area contributed by atoms with Crippen LogP contribution in [0.1, 0.15) is 31.1 Å². The number of carbonyl (C=O) groups is 1. The van der Waals surface area contributed by atoms with Gasteiger partial charge in [-0.25, -0.2) is 9.78 Å². The number of carboxylic acids is 1. The third kappa shape index (κ3) is 3.08. The van der Waals surface area contributed by atoms with Crippen molar-refractivity contribution in [3.63, 3.8) is 0 Å². The van der Waals surface area contributed by atoms with Gasteiger partial charge >= 0.3 is 5.97 Å². The van der Waals surface area contributed by atoms with E-state index in [4.69, 9.17) is 0 Å². The number of rotatable bonds is 4. The van der Waals surface area contributed by atoms with Crippen molar-refractivity contribution in [2.24, 2.45) is 0 Å². The fourth-order valence-corrected chi connectivity index (χ4v) is 2.73. The number of anilines is 1. The molecule has 0 aliphatic heterocycles. The summed E-state index contributed by atoms with van der Waals surface area (Å²) in [5, 5.41) is 24.2. The number of nitro benzene ring substituents is 1. The van der Waals surface area contributed by atoms with Crippen molar-refractivity contribution >= 4 is 23.1 Å². The maximum Gasteiger partial charge on any atom is 0.339 e. The smallest absolute Gasteiger partial charge is 0.339 e. The second-order valence-corrected chi connectivity index (χ2v) is 6.88. The number of hydrogen-bond donors (Lipinski definition) is 2. The van der Waals surface area contributed by atoms with Crippen LogP contribution in [0.15, 0.2) is 42.6 Å². The summed E-state index contributed by atoms with van der Waals surface area (Å²) < 4.78 is 1.61. The number of hydrogen-bond acceptors (Lipinski definition) is 5. The van der Waals surface area contributed by atoms with E-state index >= 15 is 0 Å². The Morgan fingerprint density at radius 3 is 2.54 bits per heavy atom. The highest BCUT2D eigenvalue weighted by Gasteiger charge is 2.26. The average molecular weight is 354 g/mol. The Hall–Kier alpha value is -3.42. The molecule has 0 fully saturated rings. The van der Waals surface area contributed by atoms with Crippen LogP contribution in [0.5, 0.6) is 0 Å². The number of aromatic nitrogens is 2. The Balaban J connectivity index is 2.38. The minimum Gasteiger partial charge on any atom is -0.478 e. The number of carboxylic acid groups (broad SMARTS) is 1. The molecule has 3 aromatic rings. The summed E-state index contributed by atoms with van der Waals surface area (Å²) in [6.07, 6.45) is 1.68. The number of fused-ring (bicyclic) bond motifs is 1. The summed E-state index contributed by atoms with van der Waals surface area (Å²) in [4.78, 5) is 27.0. The first-order valence-electron chi connectivity index (χ1n) is 7.95. The molecular formula is C18H18N4O4. The number of nitrogens with zero attached hydrogens (tertiary/aromatic N) is 3. The lowest BCUT2D eigenvalue weighted by atomic mass is 10.1. The van der Waals surface area contributed by atoms with E-state index in [1.165, 1.54) is 12.1 Å². The molecule has 0 saturated heterocycles. The van der Waals surface area contributed by atoms with Gasteiger partial charge in [-0.05, 0) is 39.0 Å². The van der Waals surface area contributed by atoms with Crippen LogP contribution in [-0.4, -0.2) is 30.9 Å². The third-order valence-electron chi connectivity index (χ3n) is 3.73. The number of benzene rings is 1. The molecular weight excluding hydrogens is 336 g/mol. The van der Waals surface area contributed by atoms with Gasteiger partial charge in [-0.2, -0.15) is 0 Å². The van der Waals surface area contributed by atoms with Gasteiger partial charge in [0.15, 0.2) is 5.65 Å². The Labute approximate surface area is 149 Å². The lowest BCUT2D eigenvalue weighted by Crippen LogP contribution is -2.27. The second kappa shape index (κ2) is 6.14. The van der Waals surface area contributed by atoms with Crippen molar-refractivity contribution in [3.05, 3.63) is 58.3 Å². The molecule has 0 aliphatic rings. The van der Waals surface area contributed by atoms with E-state index in [-0.39, 0.29) is 22.4 Å². The van der Waals surface area contributed by atoms with E-state index in [1.807, 2.05) is 20.8 Å². The monoisotopic (exact) mass is 354 g/mol. The molecule has 0 unspecified atom stereocenters. The Morgan fingerprint density at radius 2 is 1.92 bits per heavy atom. The maximum absolute atomic E-state index is 11.6. The van der Waals surface area contributed by atoms with Crippen molar-refractivity contribution in [1.82, 2.24) is 9.38 Å². The first kappa shape index (κ1) is 17.4. The first-order chi connectivity index (χ1) is 12.2. The minimum atomic E-state index is -1.11. The van der Waals surface area contributed by atoms with Gasteiger partial charge in [0.2, 0.25) is 0 Å². The van der Waals surface area contributed by atoms with Crippen LogP contribution >= 0.6 is 0 Å². The van der Waals surface area contributed by atoms with Crippen molar-refractivity contribution in [2.75, 3.05) is 5.32 Å². The normalized spacial score (nSPS) is 11.5. The quantitative estimate of drug-likeness (QED) is 0.544. The molecule has 0 saturated carbocycles. The predicted octanol–water partition coefficient (Wildman–Crippen LogP) is 3.82. The van der Waals surface area contributed by atoms with Crippen LogP contribution in [-0.2, 0) is 0 Å². The molecule has 26 heavy (non-hydrogen) atoms. The van der Waals surface area contributed by atoms with Gasteiger partial charge in [0, 0.05) is 17.8 Å². The number of para-hydroxylation sites is 1. The molecule has 0 bridgehead atoms. The molecule has 0 atom stereocenters. The Bertz CT molecular complexity index is 1020. The highest BCUT2D eigenvalue weighted by atomic mass is 16.6. The Morgan fingerprint density at radius 1 is 1.23 bits per heavy atom. The van der Waals surface area contributed by atoms with E-state index in [2.05, 4.69) is 10.3 Å². The number of nitro groups is 1. The highest BCUT2D eigenvalue weighted by molar-refractivity contribution is 5.96. The second-order valence-electron chi connectivity index (χ2n) is 6.88. The molecule has 0 amide bonds. The molecule has 0 spiro atoms. The molecule has 134 valence electrons. The van der Waals surface area contributed by atoms with Crippen molar-refractivity contribution < 1.29 is 14.8 Å². The zero-order valence-electron chi connectivity index (χ0n) is 14.6. The molecule has 2 aromatic heterocycles. The van der Waals surface area contributed by atoms with Crippen molar-refractivity contribution in [2.45, 2.75) is 26.3 Å². The van der Waals surface area contributed by atoms with Crippen LogP contribution in [0.3, 0.4) is 0 Å². The fourth-order valence-electron chi connectivity index (χ4n) is 2.73. The standard InChI is InChI=1S/C18H18N4O4/c1-18(2,3)20-16-14(11-7-4-5-9-13(11)22(25)26)19-15-12(17(23)24)8-6-10-21(15)16/h4-10,20H,1-3H3,(H,23,24). The van der Waals surface area contributed by atoms with E-state index < -0.39 is 10.9 Å². The molecule has 8 nitrogen and oxygen atoms in total. The van der Waals surface area contributed by atoms with E-state index in [1.54, 1.807) is 34.9 Å². The van der Waals surface area contributed by atoms with E-state index in [0.29, 0.717) is 17.1 Å². The van der Waals surface area contributed by atoms with E-state index in [0.717, 1.165) is 0 Å². The number of imidazole rings is 1. The minimum absolute atomic E-state index is 0.0225. The molecule has 0 radical (unpaired) electrons. The molecule has 8 heteroatoms. The predicted molar refractivity (Wildman–Crippen MR) is 97.6 cm³/mol. The SMILES string of the molecule is CC(C)(C)Nc1c(-c2ccccc2[N+](=O)[O-])nc2c(C(=O)O)cccn12. The van der Waals surface area contributed by atoms with E-state index in [9.17, 15) is 20.0 Å². The van der Waals surface area contributed by atoms with Crippen LogP contribution in [0.25, 0.3) is 16.9 Å². The van der Waals surface area contributed by atoms with Crippen molar-refractivity contribution in [1.29, 1.82) is 0 Å². The Kier molecular flexibility index (Phi) is 4.11.